The molecule has 1 rings (SSSR count). The Bertz CT molecular complexity index is 394. The minimum Gasteiger partial charge on any atom is -0.496 e. The van der Waals surface area contributed by atoms with Gasteiger partial charge >= 0.3 is 0 Å². The van der Waals surface area contributed by atoms with Gasteiger partial charge in [0.15, 0.2) is 0 Å². The molecule has 1 atom stereocenters. The Kier molecular flexibility index (Phi) is 4.21. The van der Waals surface area contributed by atoms with Crippen LogP contribution >= 0.6 is 0 Å². The summed E-state index contributed by atoms with van der Waals surface area (Å²) in [6.07, 6.45) is 0.928. The zero-order valence-electron chi connectivity index (χ0n) is 11.9. The minimum atomic E-state index is -0.264. The molecule has 17 heavy (non-hydrogen) atoms. The van der Waals surface area contributed by atoms with Crippen LogP contribution in [0.25, 0.3) is 0 Å². The van der Waals surface area contributed by atoms with Crippen LogP contribution in [0.2, 0.25) is 0 Å². The molecule has 2 nitrogen and oxygen atoms in total. The molecule has 0 amide bonds. The molecule has 96 valence electrons. The summed E-state index contributed by atoms with van der Waals surface area (Å²) in [5.74, 6) is 1.41. The van der Waals surface area contributed by atoms with Gasteiger partial charge in [-0.25, -0.2) is 0 Å². The highest BCUT2D eigenvalue weighted by Crippen LogP contribution is 2.34. The first-order chi connectivity index (χ1) is 7.83. The number of hydrogen-bond acceptors (Lipinski definition) is 2. The highest BCUT2D eigenvalue weighted by atomic mass is 16.5. The molecule has 0 aromatic heterocycles. The minimum absolute atomic E-state index is 0.264. The molecular formula is C15H25NO. The maximum Gasteiger partial charge on any atom is 0.122 e. The predicted molar refractivity (Wildman–Crippen MR) is 73.7 cm³/mol. The van der Waals surface area contributed by atoms with Gasteiger partial charge in [-0.15, -0.1) is 0 Å². The van der Waals surface area contributed by atoms with Crippen molar-refractivity contribution in [2.45, 2.75) is 52.5 Å². The van der Waals surface area contributed by atoms with E-state index in [0.717, 1.165) is 12.2 Å². The number of aryl methyl sites for hydroxylation is 1. The van der Waals surface area contributed by atoms with Crippen molar-refractivity contribution in [3.63, 3.8) is 0 Å². The van der Waals surface area contributed by atoms with Gasteiger partial charge in [0.1, 0.15) is 5.75 Å². The number of ether oxygens (including phenoxy) is 1. The topological polar surface area (TPSA) is 35.2 Å². The van der Waals surface area contributed by atoms with Crippen LogP contribution in [0, 0.1) is 6.92 Å². The fraction of sp³-hybridized carbons (Fsp3) is 0.600. The normalized spacial score (nSPS) is 14.8. The van der Waals surface area contributed by atoms with Crippen molar-refractivity contribution in [2.24, 2.45) is 5.73 Å². The number of methoxy groups -OCH3 is 1. The maximum absolute atomic E-state index is 6.36. The molecule has 0 heterocycles. The van der Waals surface area contributed by atoms with Gasteiger partial charge in [-0.3, -0.25) is 0 Å². The Morgan fingerprint density at radius 3 is 2.35 bits per heavy atom. The average molecular weight is 235 g/mol. The second-order valence-electron chi connectivity index (χ2n) is 5.33. The van der Waals surface area contributed by atoms with E-state index in [1.807, 2.05) is 0 Å². The first kappa shape index (κ1) is 14.0. The van der Waals surface area contributed by atoms with Crippen LogP contribution in [0.1, 0.15) is 56.7 Å². The Balaban J connectivity index is 3.39. The average Bonchev–Trinajstić information content (AvgIpc) is 2.27. The fourth-order valence-electron chi connectivity index (χ4n) is 2.13. The van der Waals surface area contributed by atoms with Crippen molar-refractivity contribution in [3.05, 3.63) is 28.8 Å². The molecule has 1 aromatic rings. The fourth-order valence-corrected chi connectivity index (χ4v) is 2.13. The van der Waals surface area contributed by atoms with E-state index in [2.05, 4.69) is 46.8 Å². The Morgan fingerprint density at radius 2 is 1.94 bits per heavy atom. The third-order valence-electron chi connectivity index (χ3n) is 3.55. The van der Waals surface area contributed by atoms with E-state index < -0.39 is 0 Å². The Labute approximate surface area is 105 Å². The Morgan fingerprint density at radius 1 is 1.35 bits per heavy atom. The molecule has 0 saturated carbocycles. The van der Waals surface area contributed by atoms with Crippen LogP contribution in [0.4, 0.5) is 0 Å². The van der Waals surface area contributed by atoms with Crippen LogP contribution in [0.3, 0.4) is 0 Å². The number of benzene rings is 1. The molecule has 0 radical (unpaired) electrons. The number of hydrogen-bond donors (Lipinski definition) is 1. The van der Waals surface area contributed by atoms with Crippen molar-refractivity contribution in [2.75, 3.05) is 7.11 Å². The quantitative estimate of drug-likeness (QED) is 0.863. The third-order valence-corrected chi connectivity index (χ3v) is 3.55. The van der Waals surface area contributed by atoms with E-state index in [4.69, 9.17) is 10.5 Å². The van der Waals surface area contributed by atoms with Gasteiger partial charge in [0.2, 0.25) is 0 Å². The molecule has 2 heteroatoms. The predicted octanol–water partition coefficient (Wildman–Crippen LogP) is 3.71. The highest BCUT2D eigenvalue weighted by Gasteiger charge is 2.23. The van der Waals surface area contributed by atoms with Gasteiger partial charge in [-0.1, -0.05) is 20.8 Å². The van der Waals surface area contributed by atoms with Crippen LogP contribution in [0.15, 0.2) is 12.1 Å². The van der Waals surface area contributed by atoms with E-state index in [9.17, 15) is 0 Å². The lowest BCUT2D eigenvalue weighted by atomic mass is 9.84. The smallest absolute Gasteiger partial charge is 0.122 e. The molecule has 0 aliphatic carbocycles. The van der Waals surface area contributed by atoms with Crippen LogP contribution in [0.5, 0.6) is 5.75 Å². The first-order valence-electron chi connectivity index (χ1n) is 6.31. The summed E-state index contributed by atoms with van der Waals surface area (Å²) in [5, 5.41) is 0. The first-order valence-corrected chi connectivity index (χ1v) is 6.31. The molecule has 0 aliphatic heterocycles. The van der Waals surface area contributed by atoms with Gasteiger partial charge in [-0.05, 0) is 55.0 Å². The molecule has 2 N–H and O–H groups in total. The number of nitrogens with two attached hydrogens (primary N) is 1. The standard InChI is InChI=1S/C15H25NO/c1-7-15(5,16)13-9-12(10(2)3)14(17-6)8-11(13)4/h8-10H,7,16H2,1-6H3. The molecule has 0 bridgehead atoms. The van der Waals surface area contributed by atoms with Crippen molar-refractivity contribution in [1.82, 2.24) is 0 Å². The summed E-state index contributed by atoms with van der Waals surface area (Å²) >= 11 is 0. The molecule has 1 unspecified atom stereocenters. The molecular weight excluding hydrogens is 210 g/mol. The summed E-state index contributed by atoms with van der Waals surface area (Å²) in [6, 6.07) is 4.31. The van der Waals surface area contributed by atoms with Crippen LogP contribution in [-0.2, 0) is 5.54 Å². The van der Waals surface area contributed by atoms with Crippen molar-refractivity contribution in [3.8, 4) is 5.75 Å². The van der Waals surface area contributed by atoms with Crippen LogP contribution in [-0.4, -0.2) is 7.11 Å². The number of rotatable bonds is 4. The summed E-state index contributed by atoms with van der Waals surface area (Å²) in [6.45, 7) is 10.7. The SMILES string of the molecule is CCC(C)(N)c1cc(C(C)C)c(OC)cc1C. The second-order valence-corrected chi connectivity index (χ2v) is 5.33. The lowest BCUT2D eigenvalue weighted by Gasteiger charge is -2.27. The van der Waals surface area contributed by atoms with E-state index in [1.165, 1.54) is 16.7 Å². The lowest BCUT2D eigenvalue weighted by Crippen LogP contribution is -2.33. The van der Waals surface area contributed by atoms with Crippen molar-refractivity contribution >= 4 is 0 Å². The van der Waals surface area contributed by atoms with Crippen molar-refractivity contribution < 1.29 is 4.74 Å². The third kappa shape index (κ3) is 2.81. The zero-order valence-corrected chi connectivity index (χ0v) is 11.9. The van der Waals surface area contributed by atoms with Gasteiger partial charge in [0.25, 0.3) is 0 Å². The van der Waals surface area contributed by atoms with E-state index in [0.29, 0.717) is 5.92 Å². The van der Waals surface area contributed by atoms with E-state index in [1.54, 1.807) is 7.11 Å². The second kappa shape index (κ2) is 5.09. The van der Waals surface area contributed by atoms with E-state index in [-0.39, 0.29) is 5.54 Å². The summed E-state index contributed by atoms with van der Waals surface area (Å²) < 4.78 is 5.45. The summed E-state index contributed by atoms with van der Waals surface area (Å²) in [5.41, 5.74) is 9.76. The zero-order chi connectivity index (χ0) is 13.2. The van der Waals surface area contributed by atoms with Gasteiger partial charge in [0.05, 0.1) is 7.11 Å². The van der Waals surface area contributed by atoms with Crippen molar-refractivity contribution in [1.29, 1.82) is 0 Å². The van der Waals surface area contributed by atoms with Gasteiger partial charge in [0, 0.05) is 5.54 Å². The van der Waals surface area contributed by atoms with Gasteiger partial charge < -0.3 is 10.5 Å². The summed E-state index contributed by atoms with van der Waals surface area (Å²) in [7, 11) is 1.72. The lowest BCUT2D eigenvalue weighted by molar-refractivity contribution is 0.405. The Hall–Kier alpha value is -1.02. The largest absolute Gasteiger partial charge is 0.496 e. The summed E-state index contributed by atoms with van der Waals surface area (Å²) in [4.78, 5) is 0. The monoisotopic (exact) mass is 235 g/mol. The maximum atomic E-state index is 6.36. The highest BCUT2D eigenvalue weighted by molar-refractivity contribution is 5.46. The molecule has 0 fully saturated rings. The molecule has 1 aromatic carbocycles. The van der Waals surface area contributed by atoms with Crippen LogP contribution < -0.4 is 10.5 Å². The molecule has 0 saturated heterocycles. The van der Waals surface area contributed by atoms with Gasteiger partial charge in [-0.2, -0.15) is 0 Å². The molecule has 0 aliphatic rings. The van der Waals surface area contributed by atoms with E-state index >= 15 is 0 Å². The molecule has 0 spiro atoms.